The topological polar surface area (TPSA) is 95.0 Å². The molecule has 0 fully saturated rings. The van der Waals surface area contributed by atoms with Gasteiger partial charge in [0, 0.05) is 11.0 Å². The number of amides is 1. The first-order valence-electron chi connectivity index (χ1n) is 12.3. The molecule has 0 saturated carbocycles. The standard InChI is InChI=1S/C29H30BrN3O5/c1-29(2,3)38-28(36)31-27-32(15-8-16-37-23-12-7-10-21(18-23)26(34)35)24-13-4-5-14-25(24)33(27)19-20-9-6-11-22(30)17-20/h4-7,9-14,17-18H,8,15-16,19H2,1-3H3,(H,34,35)/b31-27+. The van der Waals surface area contributed by atoms with Gasteiger partial charge in [0.1, 0.15) is 11.4 Å². The highest BCUT2D eigenvalue weighted by molar-refractivity contribution is 9.10. The molecule has 0 radical (unpaired) electrons. The predicted octanol–water partition coefficient (Wildman–Crippen LogP) is 6.26. The first-order chi connectivity index (χ1) is 18.1. The number of ether oxygens (including phenoxy) is 2. The lowest BCUT2D eigenvalue weighted by Gasteiger charge is -2.17. The highest BCUT2D eigenvalue weighted by Gasteiger charge is 2.18. The molecule has 0 spiro atoms. The Morgan fingerprint density at radius 1 is 0.947 bits per heavy atom. The molecule has 4 aromatic rings. The number of imidazole rings is 1. The van der Waals surface area contributed by atoms with E-state index in [9.17, 15) is 14.7 Å². The molecular formula is C29H30BrN3O5. The summed E-state index contributed by atoms with van der Waals surface area (Å²) in [4.78, 5) is 28.5. The zero-order chi connectivity index (χ0) is 27.3. The van der Waals surface area contributed by atoms with E-state index in [-0.39, 0.29) is 5.56 Å². The summed E-state index contributed by atoms with van der Waals surface area (Å²) in [6.45, 7) is 6.80. The van der Waals surface area contributed by atoms with Crippen LogP contribution in [-0.4, -0.2) is 38.5 Å². The minimum atomic E-state index is -1.00. The van der Waals surface area contributed by atoms with Crippen molar-refractivity contribution in [3.63, 3.8) is 0 Å². The van der Waals surface area contributed by atoms with Gasteiger partial charge >= 0.3 is 12.1 Å². The number of aromatic nitrogens is 2. The summed E-state index contributed by atoms with van der Waals surface area (Å²) < 4.78 is 16.3. The smallest absolute Gasteiger partial charge is 0.437 e. The van der Waals surface area contributed by atoms with Crippen molar-refractivity contribution in [1.82, 2.24) is 9.13 Å². The zero-order valence-electron chi connectivity index (χ0n) is 21.6. The second-order valence-electron chi connectivity index (χ2n) is 9.78. The van der Waals surface area contributed by atoms with Crippen molar-refractivity contribution in [3.05, 3.63) is 94.0 Å². The van der Waals surface area contributed by atoms with Crippen molar-refractivity contribution in [2.24, 2.45) is 4.99 Å². The fourth-order valence-corrected chi connectivity index (χ4v) is 4.54. The molecule has 1 heterocycles. The number of hydrogen-bond acceptors (Lipinski definition) is 4. The van der Waals surface area contributed by atoms with Crippen LogP contribution in [0.25, 0.3) is 11.0 Å². The Morgan fingerprint density at radius 3 is 2.34 bits per heavy atom. The number of aromatic carboxylic acids is 1. The summed E-state index contributed by atoms with van der Waals surface area (Å²) in [6.07, 6.45) is -0.0600. The van der Waals surface area contributed by atoms with Gasteiger partial charge in [-0.3, -0.25) is 0 Å². The second kappa shape index (κ2) is 11.7. The number of halogens is 1. The van der Waals surface area contributed by atoms with Crippen LogP contribution < -0.4 is 10.4 Å². The van der Waals surface area contributed by atoms with Crippen LogP contribution in [0.2, 0.25) is 0 Å². The quantitative estimate of drug-likeness (QED) is 0.249. The maximum Gasteiger partial charge on any atom is 0.437 e. The number of nitrogens with zero attached hydrogens (tertiary/aromatic N) is 3. The SMILES string of the molecule is CC(C)(C)OC(=O)/N=c1\n(CCCOc2cccc(C(=O)O)c2)c2ccccc2n1Cc1cccc(Br)c1. The average Bonchev–Trinajstić information content (AvgIpc) is 3.13. The van der Waals surface area contributed by atoms with Crippen molar-refractivity contribution in [2.75, 3.05) is 6.61 Å². The third kappa shape index (κ3) is 6.92. The molecule has 38 heavy (non-hydrogen) atoms. The number of benzene rings is 3. The van der Waals surface area contributed by atoms with E-state index in [1.54, 1.807) is 12.1 Å². The van der Waals surface area contributed by atoms with Gasteiger partial charge in [0.25, 0.3) is 0 Å². The molecule has 0 atom stereocenters. The Kier molecular flexibility index (Phi) is 8.36. The molecule has 198 valence electrons. The Labute approximate surface area is 229 Å². The molecule has 0 aliphatic rings. The van der Waals surface area contributed by atoms with E-state index >= 15 is 0 Å². The van der Waals surface area contributed by atoms with Gasteiger partial charge in [-0.1, -0.05) is 46.3 Å². The van der Waals surface area contributed by atoms with Gasteiger partial charge in [0.05, 0.1) is 29.7 Å². The molecule has 3 aromatic carbocycles. The van der Waals surface area contributed by atoms with E-state index in [0.29, 0.717) is 37.5 Å². The molecule has 9 heteroatoms. The van der Waals surface area contributed by atoms with Crippen molar-refractivity contribution in [2.45, 2.75) is 45.9 Å². The van der Waals surface area contributed by atoms with Gasteiger partial charge < -0.3 is 23.7 Å². The summed E-state index contributed by atoms with van der Waals surface area (Å²) in [7, 11) is 0. The Hall–Kier alpha value is -3.85. The number of carboxylic acids is 1. The van der Waals surface area contributed by atoms with Gasteiger partial charge in [-0.2, -0.15) is 0 Å². The third-order valence-corrected chi connectivity index (χ3v) is 6.13. The molecule has 8 nitrogen and oxygen atoms in total. The van der Waals surface area contributed by atoms with Crippen molar-refractivity contribution in [1.29, 1.82) is 0 Å². The molecule has 1 amide bonds. The van der Waals surface area contributed by atoms with Gasteiger partial charge in [-0.15, -0.1) is 4.99 Å². The fraction of sp³-hybridized carbons (Fsp3) is 0.276. The van der Waals surface area contributed by atoms with Gasteiger partial charge in [0.2, 0.25) is 5.62 Å². The van der Waals surface area contributed by atoms with Crippen LogP contribution in [0.5, 0.6) is 5.75 Å². The normalized spacial score (nSPS) is 12.1. The summed E-state index contributed by atoms with van der Waals surface area (Å²) in [5, 5.41) is 9.21. The molecule has 1 aromatic heterocycles. The number of carbonyl (C=O) groups excluding carboxylic acids is 1. The van der Waals surface area contributed by atoms with Crippen molar-refractivity contribution >= 4 is 39.0 Å². The van der Waals surface area contributed by atoms with Crippen molar-refractivity contribution < 1.29 is 24.2 Å². The third-order valence-electron chi connectivity index (χ3n) is 5.64. The Bertz CT molecular complexity index is 1530. The lowest BCUT2D eigenvalue weighted by atomic mass is 10.2. The summed E-state index contributed by atoms with van der Waals surface area (Å²) in [5.74, 6) is -0.511. The highest BCUT2D eigenvalue weighted by atomic mass is 79.9. The number of carbonyl (C=O) groups is 2. The maximum atomic E-state index is 12.8. The predicted molar refractivity (Wildman–Crippen MR) is 148 cm³/mol. The first-order valence-corrected chi connectivity index (χ1v) is 13.1. The molecule has 1 N–H and O–H groups in total. The van der Waals surface area contributed by atoms with Crippen molar-refractivity contribution in [3.8, 4) is 5.75 Å². The van der Waals surface area contributed by atoms with Crippen LogP contribution in [0.1, 0.15) is 43.1 Å². The van der Waals surface area contributed by atoms with E-state index in [1.165, 1.54) is 12.1 Å². The molecule has 0 aliphatic carbocycles. The maximum absolute atomic E-state index is 12.8. The highest BCUT2D eigenvalue weighted by Crippen LogP contribution is 2.19. The number of hydrogen-bond donors (Lipinski definition) is 1. The summed E-state index contributed by atoms with van der Waals surface area (Å²) in [5.41, 5.74) is 2.89. The number of fused-ring (bicyclic) bond motifs is 1. The van der Waals surface area contributed by atoms with Crippen LogP contribution in [0.4, 0.5) is 4.79 Å². The lowest BCUT2D eigenvalue weighted by molar-refractivity contribution is 0.0592. The molecule has 4 rings (SSSR count). The number of rotatable bonds is 8. The lowest BCUT2D eigenvalue weighted by Crippen LogP contribution is -2.30. The van der Waals surface area contributed by atoms with Crippen LogP contribution in [0.3, 0.4) is 0 Å². The number of aryl methyl sites for hydroxylation is 1. The molecule has 0 unspecified atom stereocenters. The molecular weight excluding hydrogens is 550 g/mol. The fourth-order valence-electron chi connectivity index (χ4n) is 4.09. The first kappa shape index (κ1) is 27.2. The minimum absolute atomic E-state index is 0.172. The van der Waals surface area contributed by atoms with E-state index in [4.69, 9.17) is 9.47 Å². The Morgan fingerprint density at radius 2 is 1.66 bits per heavy atom. The van der Waals surface area contributed by atoms with Gasteiger partial charge in [0.15, 0.2) is 0 Å². The monoisotopic (exact) mass is 579 g/mol. The molecule has 0 aliphatic heterocycles. The largest absolute Gasteiger partial charge is 0.494 e. The molecule has 0 saturated heterocycles. The molecule has 0 bridgehead atoms. The second-order valence-corrected chi connectivity index (χ2v) is 10.7. The summed E-state index contributed by atoms with van der Waals surface area (Å²) in [6, 6.07) is 22.3. The number of para-hydroxylation sites is 2. The van der Waals surface area contributed by atoms with E-state index in [2.05, 4.69) is 20.9 Å². The Balaban J connectivity index is 1.68. The van der Waals surface area contributed by atoms with Gasteiger partial charge in [-0.05, 0) is 75.2 Å². The van der Waals surface area contributed by atoms with E-state index < -0.39 is 17.7 Å². The minimum Gasteiger partial charge on any atom is -0.494 e. The van der Waals surface area contributed by atoms with Gasteiger partial charge in [-0.25, -0.2) is 9.59 Å². The van der Waals surface area contributed by atoms with Crippen LogP contribution in [0, 0.1) is 0 Å². The van der Waals surface area contributed by atoms with Crippen LogP contribution >= 0.6 is 15.9 Å². The van der Waals surface area contributed by atoms with E-state index in [0.717, 1.165) is 21.1 Å². The van der Waals surface area contributed by atoms with E-state index in [1.807, 2.05) is 78.4 Å². The van der Waals surface area contributed by atoms with Crippen LogP contribution in [-0.2, 0) is 17.8 Å². The zero-order valence-corrected chi connectivity index (χ0v) is 23.1. The number of carboxylic acid groups (broad SMARTS) is 1. The summed E-state index contributed by atoms with van der Waals surface area (Å²) >= 11 is 3.54. The average molecular weight is 580 g/mol. The van der Waals surface area contributed by atoms with Crippen LogP contribution in [0.15, 0.2) is 82.3 Å².